The van der Waals surface area contributed by atoms with E-state index in [1.54, 1.807) is 30.5 Å². The Balaban J connectivity index is 1.23. The zero-order valence-corrected chi connectivity index (χ0v) is 18.5. The third-order valence-corrected chi connectivity index (χ3v) is 6.52. The summed E-state index contributed by atoms with van der Waals surface area (Å²) in [4.78, 5) is 36.1. The summed E-state index contributed by atoms with van der Waals surface area (Å²) in [7, 11) is 0. The van der Waals surface area contributed by atoms with Crippen LogP contribution in [0.4, 0.5) is 5.82 Å². The number of carbonyl (C=O) groups excluding carboxylic acids is 2. The van der Waals surface area contributed by atoms with Gasteiger partial charge in [-0.05, 0) is 61.6 Å². The first-order valence-electron chi connectivity index (χ1n) is 11.1. The Morgan fingerprint density at radius 3 is 2.45 bits per heavy atom. The number of amides is 2. The molecule has 2 saturated heterocycles. The van der Waals surface area contributed by atoms with E-state index in [-0.39, 0.29) is 11.8 Å². The third kappa shape index (κ3) is 5.56. The highest BCUT2D eigenvalue weighted by atomic mass is 35.5. The summed E-state index contributed by atoms with van der Waals surface area (Å²) >= 11 is 5.93. The smallest absolute Gasteiger partial charge is 0.253 e. The van der Waals surface area contributed by atoms with Gasteiger partial charge in [-0.25, -0.2) is 4.98 Å². The number of nitrogens with zero attached hydrogens (tertiary/aromatic N) is 4. The lowest BCUT2D eigenvalue weighted by Crippen LogP contribution is -2.49. The van der Waals surface area contributed by atoms with Gasteiger partial charge in [0.1, 0.15) is 5.82 Å². The molecule has 1 unspecified atom stereocenters. The van der Waals surface area contributed by atoms with E-state index in [1.165, 1.54) is 0 Å². The first-order valence-corrected chi connectivity index (χ1v) is 11.5. The predicted molar refractivity (Wildman–Crippen MR) is 122 cm³/mol. The van der Waals surface area contributed by atoms with Crippen LogP contribution in [0.3, 0.4) is 0 Å². The van der Waals surface area contributed by atoms with Crippen LogP contribution in [0.25, 0.3) is 0 Å². The SMILES string of the molecule is O=C(CCC1CCCN(C(=O)c2ccc(Cl)cc2)C1)N1CCN(c2ccccn2)CC1. The molecule has 0 radical (unpaired) electrons. The largest absolute Gasteiger partial charge is 0.353 e. The first-order chi connectivity index (χ1) is 15.1. The van der Waals surface area contributed by atoms with Gasteiger partial charge in [-0.1, -0.05) is 17.7 Å². The molecule has 3 heterocycles. The Hall–Kier alpha value is -2.60. The lowest BCUT2D eigenvalue weighted by molar-refractivity contribution is -0.131. The van der Waals surface area contributed by atoms with E-state index in [0.717, 1.165) is 64.3 Å². The summed E-state index contributed by atoms with van der Waals surface area (Å²) in [5, 5.41) is 0.632. The fourth-order valence-electron chi connectivity index (χ4n) is 4.47. The van der Waals surface area contributed by atoms with Crippen molar-refractivity contribution in [1.82, 2.24) is 14.8 Å². The molecule has 2 aliphatic rings. The van der Waals surface area contributed by atoms with Crippen LogP contribution in [0.1, 0.15) is 36.0 Å². The van der Waals surface area contributed by atoms with Gasteiger partial charge in [-0.2, -0.15) is 0 Å². The van der Waals surface area contributed by atoms with E-state index in [0.29, 0.717) is 22.9 Å². The highest BCUT2D eigenvalue weighted by molar-refractivity contribution is 6.30. The summed E-state index contributed by atoms with van der Waals surface area (Å²) in [5.41, 5.74) is 0.673. The molecule has 2 aromatic rings. The number of aromatic nitrogens is 1. The molecule has 31 heavy (non-hydrogen) atoms. The van der Waals surface area contributed by atoms with E-state index in [9.17, 15) is 9.59 Å². The van der Waals surface area contributed by atoms with E-state index >= 15 is 0 Å². The minimum Gasteiger partial charge on any atom is -0.353 e. The molecular formula is C24H29ClN4O2. The molecule has 0 aliphatic carbocycles. The Morgan fingerprint density at radius 1 is 0.968 bits per heavy atom. The molecule has 164 valence electrons. The monoisotopic (exact) mass is 440 g/mol. The van der Waals surface area contributed by atoms with E-state index in [2.05, 4.69) is 9.88 Å². The van der Waals surface area contributed by atoms with E-state index < -0.39 is 0 Å². The van der Waals surface area contributed by atoms with Crippen molar-refractivity contribution in [3.63, 3.8) is 0 Å². The van der Waals surface area contributed by atoms with Crippen LogP contribution >= 0.6 is 11.6 Å². The Morgan fingerprint density at radius 2 is 1.74 bits per heavy atom. The van der Waals surface area contributed by atoms with Crippen molar-refractivity contribution in [2.24, 2.45) is 5.92 Å². The van der Waals surface area contributed by atoms with Crippen molar-refractivity contribution >= 4 is 29.2 Å². The van der Waals surface area contributed by atoms with Crippen LogP contribution < -0.4 is 4.90 Å². The minimum absolute atomic E-state index is 0.0540. The van der Waals surface area contributed by atoms with Gasteiger partial charge in [0.05, 0.1) is 0 Å². The number of rotatable bonds is 5. The summed E-state index contributed by atoms with van der Waals surface area (Å²) in [6, 6.07) is 13.0. The molecule has 1 aromatic carbocycles. The first kappa shape index (κ1) is 21.6. The summed E-state index contributed by atoms with van der Waals surface area (Å²) in [6.45, 7) is 4.61. The lowest BCUT2D eigenvalue weighted by atomic mass is 9.92. The average Bonchev–Trinajstić information content (AvgIpc) is 2.83. The molecule has 1 aromatic heterocycles. The number of likely N-dealkylation sites (tertiary alicyclic amines) is 1. The van der Waals surface area contributed by atoms with Crippen molar-refractivity contribution in [3.05, 3.63) is 59.2 Å². The fraction of sp³-hybridized carbons (Fsp3) is 0.458. The van der Waals surface area contributed by atoms with Gasteiger partial charge >= 0.3 is 0 Å². The van der Waals surface area contributed by atoms with Crippen molar-refractivity contribution in [2.75, 3.05) is 44.2 Å². The second-order valence-electron chi connectivity index (χ2n) is 8.36. The van der Waals surface area contributed by atoms with Crippen molar-refractivity contribution in [3.8, 4) is 0 Å². The number of halogens is 1. The van der Waals surface area contributed by atoms with Crippen LogP contribution in [-0.2, 0) is 4.79 Å². The van der Waals surface area contributed by atoms with Gasteiger partial charge in [0, 0.05) is 62.5 Å². The number of hydrogen-bond donors (Lipinski definition) is 0. The molecule has 2 aliphatic heterocycles. The molecule has 2 amide bonds. The van der Waals surface area contributed by atoms with Gasteiger partial charge in [0.15, 0.2) is 0 Å². The van der Waals surface area contributed by atoms with Crippen LogP contribution in [-0.4, -0.2) is 65.9 Å². The predicted octanol–water partition coefficient (Wildman–Crippen LogP) is 3.72. The Kier molecular flexibility index (Phi) is 7.07. The second-order valence-corrected chi connectivity index (χ2v) is 8.80. The summed E-state index contributed by atoms with van der Waals surface area (Å²) in [6.07, 6.45) is 5.25. The molecule has 0 saturated carbocycles. The number of piperazine rings is 1. The average molecular weight is 441 g/mol. The molecule has 0 spiro atoms. The minimum atomic E-state index is 0.0540. The second kappa shape index (κ2) is 10.1. The molecule has 6 nitrogen and oxygen atoms in total. The highest BCUT2D eigenvalue weighted by Gasteiger charge is 2.26. The number of carbonyl (C=O) groups is 2. The molecule has 0 bridgehead atoms. The van der Waals surface area contributed by atoms with Crippen LogP contribution in [0.2, 0.25) is 5.02 Å². The maximum absolute atomic E-state index is 12.8. The van der Waals surface area contributed by atoms with Gasteiger partial charge < -0.3 is 14.7 Å². The quantitative estimate of drug-likeness (QED) is 0.711. The fourth-order valence-corrected chi connectivity index (χ4v) is 4.60. The zero-order valence-electron chi connectivity index (χ0n) is 17.8. The number of pyridine rings is 1. The van der Waals surface area contributed by atoms with Crippen molar-refractivity contribution < 1.29 is 9.59 Å². The summed E-state index contributed by atoms with van der Waals surface area (Å²) in [5.74, 6) is 1.63. The highest BCUT2D eigenvalue weighted by Crippen LogP contribution is 2.24. The number of hydrogen-bond acceptors (Lipinski definition) is 4. The van der Waals surface area contributed by atoms with Crippen LogP contribution in [0, 0.1) is 5.92 Å². The molecule has 7 heteroatoms. The Labute approximate surface area is 188 Å². The topological polar surface area (TPSA) is 56.8 Å². The number of piperidine rings is 1. The van der Waals surface area contributed by atoms with E-state index in [1.807, 2.05) is 28.0 Å². The molecule has 4 rings (SSSR count). The van der Waals surface area contributed by atoms with Crippen molar-refractivity contribution in [2.45, 2.75) is 25.7 Å². The maximum Gasteiger partial charge on any atom is 0.253 e. The standard InChI is InChI=1S/C24H29ClN4O2/c25-21-9-7-20(8-10-21)24(31)29-13-3-4-19(18-29)6-11-23(30)28-16-14-27(15-17-28)22-5-1-2-12-26-22/h1-2,5,7-10,12,19H,3-4,6,11,13-18H2. The molecule has 1 atom stereocenters. The van der Waals surface area contributed by atoms with Gasteiger partial charge in [-0.3, -0.25) is 9.59 Å². The number of benzene rings is 1. The molecule has 2 fully saturated rings. The lowest BCUT2D eigenvalue weighted by Gasteiger charge is -2.36. The molecular weight excluding hydrogens is 412 g/mol. The number of anilines is 1. The Bertz CT molecular complexity index is 882. The van der Waals surface area contributed by atoms with Crippen LogP contribution in [0.15, 0.2) is 48.7 Å². The van der Waals surface area contributed by atoms with Gasteiger partial charge in [0.25, 0.3) is 5.91 Å². The van der Waals surface area contributed by atoms with Crippen molar-refractivity contribution in [1.29, 1.82) is 0 Å². The maximum atomic E-state index is 12.8. The van der Waals surface area contributed by atoms with Gasteiger partial charge in [-0.15, -0.1) is 0 Å². The molecule has 0 N–H and O–H groups in total. The third-order valence-electron chi connectivity index (χ3n) is 6.27. The van der Waals surface area contributed by atoms with Gasteiger partial charge in [0.2, 0.25) is 5.91 Å². The normalized spacial score (nSPS) is 19.4. The zero-order chi connectivity index (χ0) is 21.6. The van der Waals surface area contributed by atoms with E-state index in [4.69, 9.17) is 11.6 Å². The summed E-state index contributed by atoms with van der Waals surface area (Å²) < 4.78 is 0. The van der Waals surface area contributed by atoms with Crippen LogP contribution in [0.5, 0.6) is 0 Å².